The van der Waals surface area contributed by atoms with Crippen LogP contribution in [0, 0.1) is 6.92 Å². The molecule has 6 heteroatoms. The van der Waals surface area contributed by atoms with Crippen LogP contribution in [0.1, 0.15) is 27.9 Å². The summed E-state index contributed by atoms with van der Waals surface area (Å²) in [6.45, 7) is 2.14. The van der Waals surface area contributed by atoms with E-state index in [-0.39, 0.29) is 11.9 Å². The number of hydrogen-bond donors (Lipinski definition) is 1. The van der Waals surface area contributed by atoms with E-state index in [1.807, 2.05) is 49.3 Å². The van der Waals surface area contributed by atoms with Gasteiger partial charge in [-0.3, -0.25) is 9.69 Å². The van der Waals surface area contributed by atoms with Crippen molar-refractivity contribution in [2.75, 3.05) is 20.6 Å². The summed E-state index contributed by atoms with van der Waals surface area (Å²) in [4.78, 5) is 14.2. The lowest BCUT2D eigenvalue weighted by molar-refractivity contribution is 0.0938. The van der Waals surface area contributed by atoms with Crippen LogP contribution in [0.2, 0.25) is 0 Å². The minimum Gasteiger partial charge on any atom is -0.459 e. The second kappa shape index (κ2) is 6.26. The van der Waals surface area contributed by atoms with Gasteiger partial charge in [-0.1, -0.05) is 23.4 Å². The van der Waals surface area contributed by atoms with Gasteiger partial charge in [-0.05, 0) is 33.2 Å². The van der Waals surface area contributed by atoms with Gasteiger partial charge < -0.3 is 14.3 Å². The Kier molecular flexibility index (Phi) is 4.16. The van der Waals surface area contributed by atoms with Crippen LogP contribution in [-0.4, -0.2) is 36.6 Å². The molecule has 1 N–H and O–H groups in total. The minimum absolute atomic E-state index is 0.0634. The average Bonchev–Trinajstić information content (AvgIpc) is 3.12. The normalized spacial score (nSPS) is 12.7. The molecule has 2 heterocycles. The molecule has 1 aromatic carbocycles. The highest BCUT2D eigenvalue weighted by atomic mass is 16.5. The van der Waals surface area contributed by atoms with Gasteiger partial charge in [0.2, 0.25) is 0 Å². The van der Waals surface area contributed by atoms with E-state index < -0.39 is 0 Å². The van der Waals surface area contributed by atoms with Crippen molar-refractivity contribution in [3.05, 3.63) is 53.6 Å². The van der Waals surface area contributed by atoms with Crippen LogP contribution >= 0.6 is 0 Å². The molecule has 0 saturated carbocycles. The number of nitrogens with one attached hydrogen (secondary N) is 1. The van der Waals surface area contributed by atoms with Gasteiger partial charge in [0.15, 0.2) is 0 Å². The number of aromatic nitrogens is 1. The summed E-state index contributed by atoms with van der Waals surface area (Å²) in [5.74, 6) is 1.12. The van der Waals surface area contributed by atoms with Crippen molar-refractivity contribution >= 4 is 16.9 Å². The zero-order chi connectivity index (χ0) is 16.4. The molecule has 3 rings (SSSR count). The number of amides is 1. The number of furan rings is 1. The Labute approximate surface area is 134 Å². The van der Waals surface area contributed by atoms with Gasteiger partial charge in [-0.15, -0.1) is 0 Å². The molecule has 1 amide bonds. The number of hydrogen-bond acceptors (Lipinski definition) is 5. The SMILES string of the molecule is Cc1oncc1C(=O)NC[C@H](c1cc2ccccc2o1)N(C)C. The van der Waals surface area contributed by atoms with Gasteiger partial charge in [0.1, 0.15) is 22.7 Å². The number of aryl methyl sites for hydroxylation is 1. The van der Waals surface area contributed by atoms with Crippen LogP contribution in [0.5, 0.6) is 0 Å². The highest BCUT2D eigenvalue weighted by molar-refractivity contribution is 5.94. The van der Waals surface area contributed by atoms with E-state index >= 15 is 0 Å². The van der Waals surface area contributed by atoms with Gasteiger partial charge in [0.25, 0.3) is 5.91 Å². The summed E-state index contributed by atoms with van der Waals surface area (Å²) >= 11 is 0. The Balaban J connectivity index is 1.77. The first kappa shape index (κ1) is 15.3. The standard InChI is InChI=1S/C17H19N3O3/c1-11-13(9-19-23-11)17(21)18-10-14(20(2)3)16-8-12-6-4-5-7-15(12)22-16/h4-9,14H,10H2,1-3H3,(H,18,21)/t14-/m1/s1. The topological polar surface area (TPSA) is 71.5 Å². The van der Waals surface area contributed by atoms with Crippen LogP contribution in [0.15, 0.2) is 45.5 Å². The zero-order valence-electron chi connectivity index (χ0n) is 13.4. The number of para-hydroxylation sites is 1. The molecule has 6 nitrogen and oxygen atoms in total. The zero-order valence-corrected chi connectivity index (χ0v) is 13.4. The summed E-state index contributed by atoms with van der Waals surface area (Å²) < 4.78 is 10.8. The molecule has 0 spiro atoms. The Morgan fingerprint density at radius 1 is 1.35 bits per heavy atom. The van der Waals surface area contributed by atoms with Crippen molar-refractivity contribution in [2.45, 2.75) is 13.0 Å². The number of nitrogens with zero attached hydrogens (tertiary/aromatic N) is 2. The third kappa shape index (κ3) is 3.12. The largest absolute Gasteiger partial charge is 0.459 e. The van der Waals surface area contributed by atoms with Crippen molar-refractivity contribution in [1.29, 1.82) is 0 Å². The molecule has 120 valence electrons. The monoisotopic (exact) mass is 313 g/mol. The Hall–Kier alpha value is -2.60. The van der Waals surface area contributed by atoms with Gasteiger partial charge >= 0.3 is 0 Å². The lowest BCUT2D eigenvalue weighted by atomic mass is 10.1. The van der Waals surface area contributed by atoms with E-state index in [0.29, 0.717) is 17.9 Å². The molecular formula is C17H19N3O3. The van der Waals surface area contributed by atoms with Crippen LogP contribution in [0.3, 0.4) is 0 Å². The van der Waals surface area contributed by atoms with E-state index in [2.05, 4.69) is 10.5 Å². The van der Waals surface area contributed by atoms with Crippen molar-refractivity contribution < 1.29 is 13.7 Å². The van der Waals surface area contributed by atoms with Crippen LogP contribution in [0.25, 0.3) is 11.0 Å². The summed E-state index contributed by atoms with van der Waals surface area (Å²) in [5, 5.41) is 7.59. The third-order valence-corrected chi connectivity index (χ3v) is 3.85. The summed E-state index contributed by atoms with van der Waals surface area (Å²) in [6, 6.07) is 9.81. The van der Waals surface area contributed by atoms with Crippen molar-refractivity contribution in [1.82, 2.24) is 15.4 Å². The maximum absolute atomic E-state index is 12.2. The second-order valence-corrected chi connectivity index (χ2v) is 5.67. The first-order valence-corrected chi connectivity index (χ1v) is 7.40. The van der Waals surface area contributed by atoms with E-state index in [9.17, 15) is 4.79 Å². The third-order valence-electron chi connectivity index (χ3n) is 3.85. The highest BCUT2D eigenvalue weighted by Crippen LogP contribution is 2.26. The van der Waals surface area contributed by atoms with Gasteiger partial charge in [-0.25, -0.2) is 0 Å². The van der Waals surface area contributed by atoms with Gasteiger partial charge in [0.05, 0.1) is 12.2 Å². The molecule has 3 aromatic rings. The molecule has 2 aromatic heterocycles. The lowest BCUT2D eigenvalue weighted by Gasteiger charge is -2.22. The first-order valence-electron chi connectivity index (χ1n) is 7.40. The second-order valence-electron chi connectivity index (χ2n) is 5.67. The van der Waals surface area contributed by atoms with E-state index in [4.69, 9.17) is 8.94 Å². The number of carbonyl (C=O) groups is 1. The number of carbonyl (C=O) groups excluding carboxylic acids is 1. The molecule has 0 aliphatic carbocycles. The molecule has 0 aliphatic heterocycles. The molecule has 0 saturated heterocycles. The molecule has 0 unspecified atom stereocenters. The molecular weight excluding hydrogens is 294 g/mol. The van der Waals surface area contributed by atoms with Crippen molar-refractivity contribution in [3.8, 4) is 0 Å². The molecule has 0 radical (unpaired) electrons. The fraction of sp³-hybridized carbons (Fsp3) is 0.294. The quantitative estimate of drug-likeness (QED) is 0.784. The summed E-state index contributed by atoms with van der Waals surface area (Å²) in [5.41, 5.74) is 1.29. The van der Waals surface area contributed by atoms with Crippen LogP contribution in [-0.2, 0) is 0 Å². The van der Waals surface area contributed by atoms with Crippen molar-refractivity contribution in [3.63, 3.8) is 0 Å². The summed E-state index contributed by atoms with van der Waals surface area (Å²) in [7, 11) is 3.91. The van der Waals surface area contributed by atoms with Crippen LogP contribution in [0.4, 0.5) is 0 Å². The molecule has 1 atom stereocenters. The molecule has 0 aliphatic rings. The number of fused-ring (bicyclic) bond motifs is 1. The van der Waals surface area contributed by atoms with Gasteiger partial charge in [-0.2, -0.15) is 0 Å². The fourth-order valence-corrected chi connectivity index (χ4v) is 2.51. The molecule has 23 heavy (non-hydrogen) atoms. The maximum Gasteiger partial charge on any atom is 0.256 e. The highest BCUT2D eigenvalue weighted by Gasteiger charge is 2.21. The van der Waals surface area contributed by atoms with Crippen molar-refractivity contribution in [2.24, 2.45) is 0 Å². The Bertz CT molecular complexity index is 786. The van der Waals surface area contributed by atoms with E-state index in [1.165, 1.54) is 6.20 Å². The van der Waals surface area contributed by atoms with Crippen LogP contribution < -0.4 is 5.32 Å². The number of benzene rings is 1. The lowest BCUT2D eigenvalue weighted by Crippen LogP contribution is -2.34. The smallest absolute Gasteiger partial charge is 0.256 e. The Morgan fingerprint density at radius 2 is 2.13 bits per heavy atom. The summed E-state index contributed by atoms with van der Waals surface area (Å²) in [6.07, 6.45) is 1.43. The predicted molar refractivity (Wildman–Crippen MR) is 86.2 cm³/mol. The number of rotatable bonds is 5. The van der Waals surface area contributed by atoms with Gasteiger partial charge in [0, 0.05) is 11.9 Å². The Morgan fingerprint density at radius 3 is 2.78 bits per heavy atom. The number of likely N-dealkylation sites (N-methyl/N-ethyl adjacent to an activating group) is 1. The molecule has 0 bridgehead atoms. The minimum atomic E-state index is -0.202. The first-order chi connectivity index (χ1) is 11.1. The molecule has 0 fully saturated rings. The predicted octanol–water partition coefficient (Wildman–Crippen LogP) is 2.76. The van der Waals surface area contributed by atoms with E-state index in [0.717, 1.165) is 16.7 Å². The fourth-order valence-electron chi connectivity index (χ4n) is 2.51. The van der Waals surface area contributed by atoms with E-state index in [1.54, 1.807) is 6.92 Å². The average molecular weight is 313 g/mol. The maximum atomic E-state index is 12.2.